The summed E-state index contributed by atoms with van der Waals surface area (Å²) in [4.78, 5) is 11.1. The maximum atomic E-state index is 11.1. The SMILES string of the molecule is Cn1cc(C#CSI)c(Br)cc1=O. The average molecular weight is 370 g/mol. The van der Waals surface area contributed by atoms with Crippen molar-refractivity contribution in [2.24, 2.45) is 7.05 Å². The van der Waals surface area contributed by atoms with Crippen molar-refractivity contribution in [3.8, 4) is 11.2 Å². The van der Waals surface area contributed by atoms with E-state index < -0.39 is 0 Å². The summed E-state index contributed by atoms with van der Waals surface area (Å²) in [5.41, 5.74) is 0.783. The van der Waals surface area contributed by atoms with Crippen molar-refractivity contribution in [2.75, 3.05) is 0 Å². The number of aryl methyl sites for hydroxylation is 1. The molecule has 1 aromatic rings. The van der Waals surface area contributed by atoms with Gasteiger partial charge in [-0.3, -0.25) is 4.79 Å². The largest absolute Gasteiger partial charge is 0.317 e. The fraction of sp³-hybridized carbons (Fsp3) is 0.125. The van der Waals surface area contributed by atoms with E-state index in [9.17, 15) is 4.79 Å². The fourth-order valence-corrected chi connectivity index (χ4v) is 1.65. The zero-order valence-corrected chi connectivity index (χ0v) is 11.2. The molecule has 0 amide bonds. The van der Waals surface area contributed by atoms with Crippen molar-refractivity contribution >= 4 is 46.1 Å². The second kappa shape index (κ2) is 5.08. The predicted molar refractivity (Wildman–Crippen MR) is 67.9 cm³/mol. The van der Waals surface area contributed by atoms with Crippen molar-refractivity contribution in [2.45, 2.75) is 0 Å². The second-order valence-corrected chi connectivity index (χ2v) is 4.82. The van der Waals surface area contributed by atoms with Crippen LogP contribution in [0.1, 0.15) is 5.56 Å². The molecular formula is C8H5BrINOS. The Labute approximate surface area is 101 Å². The van der Waals surface area contributed by atoms with Gasteiger partial charge >= 0.3 is 0 Å². The molecule has 0 aliphatic heterocycles. The van der Waals surface area contributed by atoms with Crippen LogP contribution in [0.2, 0.25) is 0 Å². The Morgan fingerprint density at radius 1 is 1.69 bits per heavy atom. The number of hydrogen-bond acceptors (Lipinski definition) is 2. The molecule has 1 heterocycles. The van der Waals surface area contributed by atoms with Gasteiger partial charge in [-0.15, -0.1) is 0 Å². The summed E-state index contributed by atoms with van der Waals surface area (Å²) in [7, 11) is 3.12. The molecule has 1 rings (SSSR count). The minimum atomic E-state index is -0.0421. The van der Waals surface area contributed by atoms with Crippen LogP contribution in [0.3, 0.4) is 0 Å². The summed E-state index contributed by atoms with van der Waals surface area (Å²) in [6.45, 7) is 0. The first-order valence-electron chi connectivity index (χ1n) is 3.30. The lowest BCUT2D eigenvalue weighted by atomic mass is 10.3. The summed E-state index contributed by atoms with van der Waals surface area (Å²) in [5.74, 6) is 2.93. The normalized spacial score (nSPS) is 9.15. The first kappa shape index (κ1) is 11.1. The molecule has 13 heavy (non-hydrogen) atoms. The standard InChI is InChI=1S/C8H5BrINOS/c1-11-5-6(2-3-13-10)7(9)4-8(11)12/h4-5H,1H3. The second-order valence-electron chi connectivity index (χ2n) is 2.29. The van der Waals surface area contributed by atoms with Crippen LogP contribution < -0.4 is 5.56 Å². The van der Waals surface area contributed by atoms with Gasteiger partial charge in [0.25, 0.3) is 5.56 Å². The van der Waals surface area contributed by atoms with Crippen molar-refractivity contribution in [1.82, 2.24) is 4.57 Å². The molecule has 0 saturated carbocycles. The van der Waals surface area contributed by atoms with Gasteiger partial charge in [-0.1, -0.05) is 5.92 Å². The summed E-state index contributed by atoms with van der Waals surface area (Å²) in [6.07, 6.45) is 1.71. The van der Waals surface area contributed by atoms with E-state index in [0.29, 0.717) is 0 Å². The lowest BCUT2D eigenvalue weighted by molar-refractivity contribution is 0.855. The zero-order valence-electron chi connectivity index (χ0n) is 6.67. The van der Waals surface area contributed by atoms with E-state index in [4.69, 9.17) is 0 Å². The van der Waals surface area contributed by atoms with E-state index in [0.717, 1.165) is 10.0 Å². The first-order chi connectivity index (χ1) is 6.15. The number of hydrogen-bond donors (Lipinski definition) is 0. The van der Waals surface area contributed by atoms with Crippen LogP contribution in [-0.4, -0.2) is 4.57 Å². The molecule has 1 aromatic heterocycles. The highest BCUT2D eigenvalue weighted by molar-refractivity contribution is 14.2. The first-order valence-corrected chi connectivity index (χ1v) is 7.45. The topological polar surface area (TPSA) is 22.0 Å². The molecule has 0 spiro atoms. The van der Waals surface area contributed by atoms with Crippen LogP contribution >= 0.6 is 46.1 Å². The third-order valence-corrected chi connectivity index (χ3v) is 2.90. The van der Waals surface area contributed by atoms with Crippen LogP contribution in [0.15, 0.2) is 21.5 Å². The Bertz CT molecular complexity index is 432. The number of nitrogens with zero attached hydrogens (tertiary/aromatic N) is 1. The molecule has 0 aliphatic rings. The van der Waals surface area contributed by atoms with Gasteiger partial charge in [0.1, 0.15) is 0 Å². The summed E-state index contributed by atoms with van der Waals surface area (Å²) >= 11 is 5.38. The minimum absolute atomic E-state index is 0.0421. The lowest BCUT2D eigenvalue weighted by Gasteiger charge is -1.99. The molecule has 0 saturated heterocycles. The fourth-order valence-electron chi connectivity index (χ4n) is 0.773. The van der Waals surface area contributed by atoms with Gasteiger partial charge in [0, 0.05) is 45.0 Å². The molecule has 0 atom stereocenters. The van der Waals surface area contributed by atoms with Crippen LogP contribution in [0.5, 0.6) is 0 Å². The molecular weight excluding hydrogens is 365 g/mol. The van der Waals surface area contributed by atoms with E-state index in [2.05, 4.69) is 48.3 Å². The van der Waals surface area contributed by atoms with E-state index >= 15 is 0 Å². The van der Waals surface area contributed by atoms with Crippen LogP contribution in [0, 0.1) is 11.2 Å². The molecule has 0 unspecified atom stereocenters. The van der Waals surface area contributed by atoms with E-state index in [1.165, 1.54) is 19.6 Å². The van der Waals surface area contributed by atoms with Gasteiger partial charge in [0.05, 0.1) is 5.56 Å². The molecule has 0 aliphatic carbocycles. The smallest absolute Gasteiger partial charge is 0.251 e. The number of pyridine rings is 1. The lowest BCUT2D eigenvalue weighted by Crippen LogP contribution is -2.15. The number of rotatable bonds is 0. The highest BCUT2D eigenvalue weighted by atomic mass is 127. The maximum absolute atomic E-state index is 11.1. The van der Waals surface area contributed by atoms with Gasteiger partial charge < -0.3 is 4.57 Å². The van der Waals surface area contributed by atoms with Gasteiger partial charge in [-0.2, -0.15) is 0 Å². The Kier molecular flexibility index (Phi) is 4.35. The van der Waals surface area contributed by atoms with Crippen molar-refractivity contribution < 1.29 is 0 Å². The zero-order chi connectivity index (χ0) is 9.84. The maximum Gasteiger partial charge on any atom is 0.251 e. The summed E-state index contributed by atoms with van der Waals surface area (Å²) in [5, 5.41) is 2.86. The summed E-state index contributed by atoms with van der Waals surface area (Å²) < 4.78 is 2.25. The van der Waals surface area contributed by atoms with Crippen LogP contribution in [0.4, 0.5) is 0 Å². The highest BCUT2D eigenvalue weighted by Gasteiger charge is 1.98. The van der Waals surface area contributed by atoms with Crippen LogP contribution in [0.25, 0.3) is 0 Å². The molecule has 0 fully saturated rings. The molecule has 0 aromatic carbocycles. The van der Waals surface area contributed by atoms with Gasteiger partial charge in [-0.25, -0.2) is 0 Å². The van der Waals surface area contributed by atoms with E-state index in [-0.39, 0.29) is 5.56 Å². The van der Waals surface area contributed by atoms with E-state index in [1.54, 1.807) is 13.2 Å². The molecule has 68 valence electrons. The van der Waals surface area contributed by atoms with Crippen molar-refractivity contribution in [1.29, 1.82) is 0 Å². The molecule has 0 radical (unpaired) electrons. The third kappa shape index (κ3) is 3.04. The predicted octanol–water partition coefficient (Wildman–Crippen LogP) is 2.54. The Balaban J connectivity index is 3.24. The van der Waals surface area contributed by atoms with Gasteiger partial charge in [-0.05, 0) is 30.1 Å². The van der Waals surface area contributed by atoms with Crippen molar-refractivity contribution in [3.63, 3.8) is 0 Å². The quantitative estimate of drug-likeness (QED) is 0.518. The van der Waals surface area contributed by atoms with Gasteiger partial charge in [0.15, 0.2) is 0 Å². The molecule has 5 heteroatoms. The Morgan fingerprint density at radius 3 is 3.00 bits per heavy atom. The Hall–Kier alpha value is 0.0700. The van der Waals surface area contributed by atoms with Crippen molar-refractivity contribution in [3.05, 3.63) is 32.7 Å². The average Bonchev–Trinajstić information content (AvgIpc) is 2.09. The summed E-state index contributed by atoms with van der Waals surface area (Å²) in [6, 6.07) is 1.52. The number of halogens is 2. The monoisotopic (exact) mass is 369 g/mol. The third-order valence-electron chi connectivity index (χ3n) is 1.40. The molecule has 2 nitrogen and oxygen atoms in total. The minimum Gasteiger partial charge on any atom is -0.317 e. The number of aromatic nitrogens is 1. The van der Waals surface area contributed by atoms with Gasteiger partial charge in [0.2, 0.25) is 0 Å². The molecule has 0 bridgehead atoms. The Morgan fingerprint density at radius 2 is 2.38 bits per heavy atom. The van der Waals surface area contributed by atoms with Crippen LogP contribution in [-0.2, 0) is 7.05 Å². The highest BCUT2D eigenvalue weighted by Crippen LogP contribution is 2.14. The molecule has 0 N–H and O–H groups in total. The van der Waals surface area contributed by atoms with E-state index in [1.807, 2.05) is 0 Å².